The molecule has 0 heterocycles. The van der Waals surface area contributed by atoms with E-state index in [-0.39, 0.29) is 13.2 Å². The van der Waals surface area contributed by atoms with Gasteiger partial charge in [-0.05, 0) is 24.6 Å². The van der Waals surface area contributed by atoms with Gasteiger partial charge >= 0.3 is 6.18 Å². The van der Waals surface area contributed by atoms with E-state index in [2.05, 4.69) is 20.7 Å². The summed E-state index contributed by atoms with van der Waals surface area (Å²) in [5.41, 5.74) is 6.96. The number of nitrogens with two attached hydrogens (primary N) is 1. The van der Waals surface area contributed by atoms with Gasteiger partial charge in [0.25, 0.3) is 0 Å². The summed E-state index contributed by atoms with van der Waals surface area (Å²) in [5.74, 6) is 0.466. The summed E-state index contributed by atoms with van der Waals surface area (Å²) >= 11 is 3.28. The van der Waals surface area contributed by atoms with Crippen molar-refractivity contribution in [3.05, 3.63) is 22.2 Å². The third kappa shape index (κ3) is 5.14. The number of alkyl halides is 3. The molecular formula is C11H13BrF3NO2. The number of hydrogen-bond acceptors (Lipinski definition) is 3. The van der Waals surface area contributed by atoms with Gasteiger partial charge in [-0.15, -0.1) is 0 Å². The summed E-state index contributed by atoms with van der Waals surface area (Å²) in [6.45, 7) is 0.398. The molecule has 0 aliphatic rings. The Morgan fingerprint density at radius 3 is 2.50 bits per heavy atom. The van der Waals surface area contributed by atoms with Gasteiger partial charge in [-0.1, -0.05) is 15.9 Å². The second-order valence-electron chi connectivity index (χ2n) is 3.66. The molecule has 0 bridgehead atoms. The van der Waals surface area contributed by atoms with Crippen LogP contribution in [0.4, 0.5) is 18.9 Å². The van der Waals surface area contributed by atoms with Crippen LogP contribution < -0.4 is 10.5 Å². The van der Waals surface area contributed by atoms with Gasteiger partial charge in [0.2, 0.25) is 0 Å². The number of aryl methyl sites for hydroxylation is 1. The second kappa shape index (κ2) is 6.29. The predicted octanol–water partition coefficient (Wildman–Crippen LogP) is 3.30. The van der Waals surface area contributed by atoms with E-state index < -0.39 is 12.8 Å². The molecule has 0 unspecified atom stereocenters. The fourth-order valence-electron chi connectivity index (χ4n) is 1.34. The maximum atomic E-state index is 11.8. The third-order valence-corrected chi connectivity index (χ3v) is 2.47. The van der Waals surface area contributed by atoms with Crippen LogP contribution >= 0.6 is 15.9 Å². The molecule has 0 aromatic heterocycles. The number of anilines is 1. The lowest BCUT2D eigenvalue weighted by Gasteiger charge is -2.13. The molecule has 0 atom stereocenters. The van der Waals surface area contributed by atoms with Gasteiger partial charge in [-0.25, -0.2) is 0 Å². The molecule has 1 aromatic rings. The van der Waals surface area contributed by atoms with Gasteiger partial charge in [0, 0.05) is 4.47 Å². The Labute approximate surface area is 111 Å². The maximum absolute atomic E-state index is 11.8. The largest absolute Gasteiger partial charge is 0.489 e. The fourth-order valence-corrected chi connectivity index (χ4v) is 1.93. The monoisotopic (exact) mass is 327 g/mol. The Balaban J connectivity index is 2.41. The lowest BCUT2D eigenvalue weighted by atomic mass is 10.2. The topological polar surface area (TPSA) is 44.5 Å². The summed E-state index contributed by atoms with van der Waals surface area (Å²) in [6, 6.07) is 3.47. The van der Waals surface area contributed by atoms with Gasteiger partial charge in [0.1, 0.15) is 19.0 Å². The first kappa shape index (κ1) is 15.1. The summed E-state index contributed by atoms with van der Waals surface area (Å²) in [4.78, 5) is 0. The van der Waals surface area contributed by atoms with Crippen molar-refractivity contribution in [2.45, 2.75) is 13.1 Å². The molecule has 0 amide bonds. The fraction of sp³-hybridized carbons (Fsp3) is 0.455. The van der Waals surface area contributed by atoms with Gasteiger partial charge in [0.05, 0.1) is 12.3 Å². The summed E-state index contributed by atoms with van der Waals surface area (Å²) in [5, 5.41) is 0. The van der Waals surface area contributed by atoms with Gasteiger partial charge in [0.15, 0.2) is 0 Å². The summed E-state index contributed by atoms with van der Waals surface area (Å²) in [7, 11) is 0. The molecule has 3 nitrogen and oxygen atoms in total. The first-order valence-electron chi connectivity index (χ1n) is 5.12. The van der Waals surface area contributed by atoms with E-state index in [0.717, 1.165) is 10.0 Å². The molecule has 0 saturated carbocycles. The minimum atomic E-state index is -4.31. The lowest BCUT2D eigenvalue weighted by Crippen LogP contribution is -2.19. The van der Waals surface area contributed by atoms with Crippen LogP contribution in [0.3, 0.4) is 0 Å². The SMILES string of the molecule is Cc1cc(Br)cc(N)c1OCCOCC(F)(F)F. The van der Waals surface area contributed by atoms with Crippen molar-refractivity contribution in [2.24, 2.45) is 0 Å². The van der Waals surface area contributed by atoms with Gasteiger partial charge in [-0.3, -0.25) is 0 Å². The van der Waals surface area contributed by atoms with Gasteiger partial charge < -0.3 is 15.2 Å². The molecule has 7 heteroatoms. The molecule has 2 N–H and O–H groups in total. The highest BCUT2D eigenvalue weighted by Gasteiger charge is 2.27. The van der Waals surface area contributed by atoms with Crippen LogP contribution in [0.15, 0.2) is 16.6 Å². The van der Waals surface area contributed by atoms with E-state index in [1.807, 2.05) is 6.07 Å². The van der Waals surface area contributed by atoms with Crippen LogP contribution in [0.5, 0.6) is 5.75 Å². The minimum absolute atomic E-state index is 0.0166. The lowest BCUT2D eigenvalue weighted by molar-refractivity contribution is -0.175. The number of halogens is 4. The number of rotatable bonds is 5. The number of benzene rings is 1. The molecule has 0 radical (unpaired) electrons. The highest BCUT2D eigenvalue weighted by Crippen LogP contribution is 2.29. The van der Waals surface area contributed by atoms with Crippen molar-refractivity contribution in [3.63, 3.8) is 0 Å². The Morgan fingerprint density at radius 2 is 1.94 bits per heavy atom. The molecule has 0 aliphatic carbocycles. The first-order chi connectivity index (χ1) is 8.29. The number of hydrogen-bond donors (Lipinski definition) is 1. The molecule has 0 saturated heterocycles. The van der Waals surface area contributed by atoms with Crippen LogP contribution in [0.2, 0.25) is 0 Å². The van der Waals surface area contributed by atoms with E-state index >= 15 is 0 Å². The third-order valence-electron chi connectivity index (χ3n) is 2.01. The average molecular weight is 328 g/mol. The minimum Gasteiger partial charge on any atom is -0.489 e. The van der Waals surface area contributed by atoms with Crippen molar-refractivity contribution in [3.8, 4) is 5.75 Å². The molecule has 1 aromatic carbocycles. The van der Waals surface area contributed by atoms with Crippen LogP contribution in [-0.4, -0.2) is 26.0 Å². The molecule has 0 spiro atoms. The maximum Gasteiger partial charge on any atom is 0.411 e. The average Bonchev–Trinajstić information content (AvgIpc) is 2.19. The first-order valence-corrected chi connectivity index (χ1v) is 5.92. The van der Waals surface area contributed by atoms with Gasteiger partial charge in [-0.2, -0.15) is 13.2 Å². The number of nitrogen functional groups attached to an aromatic ring is 1. The Hall–Kier alpha value is -0.950. The highest BCUT2D eigenvalue weighted by atomic mass is 79.9. The second-order valence-corrected chi connectivity index (χ2v) is 4.57. The zero-order valence-electron chi connectivity index (χ0n) is 9.68. The normalized spacial score (nSPS) is 11.6. The van der Waals surface area contributed by atoms with E-state index in [4.69, 9.17) is 10.5 Å². The molecule has 0 fully saturated rings. The number of ether oxygens (including phenoxy) is 2. The van der Waals surface area contributed by atoms with E-state index in [9.17, 15) is 13.2 Å². The van der Waals surface area contributed by atoms with Crippen molar-refractivity contribution < 1.29 is 22.6 Å². The van der Waals surface area contributed by atoms with Crippen molar-refractivity contribution >= 4 is 21.6 Å². The van der Waals surface area contributed by atoms with E-state index in [1.54, 1.807) is 13.0 Å². The predicted molar refractivity (Wildman–Crippen MR) is 65.7 cm³/mol. The standard InChI is InChI=1S/C11H13BrF3NO2/c1-7-4-8(12)5-9(16)10(7)18-3-2-17-6-11(13,14)15/h4-5H,2-3,6,16H2,1H3. The van der Waals surface area contributed by atoms with Crippen LogP contribution in [0, 0.1) is 6.92 Å². The summed E-state index contributed by atoms with van der Waals surface area (Å²) < 4.78 is 45.9. The Bertz CT molecular complexity index is 387. The zero-order valence-corrected chi connectivity index (χ0v) is 11.3. The van der Waals surface area contributed by atoms with Crippen molar-refractivity contribution in [1.82, 2.24) is 0 Å². The van der Waals surface area contributed by atoms with Crippen LogP contribution in [-0.2, 0) is 4.74 Å². The molecule has 1 rings (SSSR count). The van der Waals surface area contributed by atoms with Crippen LogP contribution in [0.25, 0.3) is 0 Å². The molecular weight excluding hydrogens is 315 g/mol. The molecule has 18 heavy (non-hydrogen) atoms. The Morgan fingerprint density at radius 1 is 1.28 bits per heavy atom. The van der Waals surface area contributed by atoms with E-state index in [0.29, 0.717) is 11.4 Å². The smallest absolute Gasteiger partial charge is 0.411 e. The molecule has 102 valence electrons. The van der Waals surface area contributed by atoms with Crippen molar-refractivity contribution in [2.75, 3.05) is 25.6 Å². The molecule has 0 aliphatic heterocycles. The Kier molecular flexibility index (Phi) is 5.28. The highest BCUT2D eigenvalue weighted by molar-refractivity contribution is 9.10. The quantitative estimate of drug-likeness (QED) is 0.666. The van der Waals surface area contributed by atoms with Crippen LogP contribution in [0.1, 0.15) is 5.56 Å². The van der Waals surface area contributed by atoms with E-state index in [1.165, 1.54) is 0 Å². The zero-order chi connectivity index (χ0) is 13.8. The van der Waals surface area contributed by atoms with Crippen molar-refractivity contribution in [1.29, 1.82) is 0 Å². The summed E-state index contributed by atoms with van der Waals surface area (Å²) in [6.07, 6.45) is -4.31.